The summed E-state index contributed by atoms with van der Waals surface area (Å²) in [5.41, 5.74) is 0.250. The van der Waals surface area contributed by atoms with E-state index in [4.69, 9.17) is 0 Å². The molecule has 0 aromatic carbocycles. The van der Waals surface area contributed by atoms with Gasteiger partial charge < -0.3 is 5.32 Å². The standard InChI is InChI=1S/C11H22N2O2S/c1-10(2,3)8-16(14,15)13-9-4-11(5-9)6-12-7-11/h9,12-13H,4-8H2,1-3H3. The van der Waals surface area contributed by atoms with Crippen molar-refractivity contribution in [3.05, 3.63) is 0 Å². The van der Waals surface area contributed by atoms with Crippen LogP contribution in [0.4, 0.5) is 0 Å². The van der Waals surface area contributed by atoms with Crippen molar-refractivity contribution in [2.75, 3.05) is 18.8 Å². The second-order valence-electron chi connectivity index (χ2n) is 6.65. The maximum Gasteiger partial charge on any atom is 0.212 e. The van der Waals surface area contributed by atoms with Crippen LogP contribution in [-0.2, 0) is 10.0 Å². The average molecular weight is 246 g/mol. The lowest BCUT2D eigenvalue weighted by Crippen LogP contribution is -2.65. The fourth-order valence-electron chi connectivity index (χ4n) is 2.70. The van der Waals surface area contributed by atoms with Gasteiger partial charge in [-0.05, 0) is 23.7 Å². The summed E-state index contributed by atoms with van der Waals surface area (Å²) < 4.78 is 26.5. The van der Waals surface area contributed by atoms with Crippen molar-refractivity contribution in [2.45, 2.75) is 39.7 Å². The van der Waals surface area contributed by atoms with Crippen molar-refractivity contribution < 1.29 is 8.42 Å². The smallest absolute Gasteiger partial charge is 0.212 e. The third-order valence-corrected chi connectivity index (χ3v) is 5.27. The van der Waals surface area contributed by atoms with E-state index in [1.807, 2.05) is 20.8 Å². The molecule has 0 bridgehead atoms. The first-order chi connectivity index (χ1) is 7.20. The van der Waals surface area contributed by atoms with Crippen molar-refractivity contribution in [2.24, 2.45) is 10.8 Å². The van der Waals surface area contributed by atoms with Gasteiger partial charge in [0.05, 0.1) is 5.75 Å². The molecule has 0 unspecified atom stereocenters. The van der Waals surface area contributed by atoms with E-state index >= 15 is 0 Å². The molecule has 0 radical (unpaired) electrons. The largest absolute Gasteiger partial charge is 0.316 e. The van der Waals surface area contributed by atoms with Gasteiger partial charge in [0, 0.05) is 19.1 Å². The topological polar surface area (TPSA) is 58.2 Å². The lowest BCUT2D eigenvalue weighted by molar-refractivity contribution is 0.0328. The molecule has 1 aliphatic carbocycles. The molecule has 2 aliphatic rings. The molecule has 1 heterocycles. The molecule has 5 heteroatoms. The van der Waals surface area contributed by atoms with Crippen molar-refractivity contribution in [3.63, 3.8) is 0 Å². The Hall–Kier alpha value is -0.130. The Balaban J connectivity index is 1.82. The summed E-state index contributed by atoms with van der Waals surface area (Å²) in [7, 11) is -3.10. The molecule has 16 heavy (non-hydrogen) atoms. The van der Waals surface area contributed by atoms with Gasteiger partial charge >= 0.3 is 0 Å². The Morgan fingerprint density at radius 3 is 2.25 bits per heavy atom. The van der Waals surface area contributed by atoms with Crippen LogP contribution in [0.3, 0.4) is 0 Å². The fraction of sp³-hybridized carbons (Fsp3) is 1.00. The van der Waals surface area contributed by atoms with Crippen LogP contribution >= 0.6 is 0 Å². The zero-order valence-electron chi connectivity index (χ0n) is 10.3. The predicted molar refractivity (Wildman–Crippen MR) is 64.7 cm³/mol. The van der Waals surface area contributed by atoms with Crippen LogP contribution in [-0.4, -0.2) is 33.3 Å². The fourth-order valence-corrected chi connectivity index (χ4v) is 4.60. The highest BCUT2D eigenvalue weighted by Gasteiger charge is 2.49. The van der Waals surface area contributed by atoms with E-state index in [-0.39, 0.29) is 17.2 Å². The minimum atomic E-state index is -3.10. The Bertz CT molecular complexity index is 358. The Kier molecular flexibility index (Phi) is 2.84. The minimum absolute atomic E-state index is 0.175. The van der Waals surface area contributed by atoms with Gasteiger partial charge in [-0.15, -0.1) is 0 Å². The lowest BCUT2D eigenvalue weighted by atomic mass is 9.62. The van der Waals surface area contributed by atoms with Crippen LogP contribution in [0.15, 0.2) is 0 Å². The molecule has 1 spiro atoms. The van der Waals surface area contributed by atoms with Crippen molar-refractivity contribution in [1.29, 1.82) is 0 Å². The third-order valence-electron chi connectivity index (χ3n) is 3.33. The van der Waals surface area contributed by atoms with E-state index in [2.05, 4.69) is 10.0 Å². The normalized spacial score (nSPS) is 25.2. The Labute approximate surface area is 98.2 Å². The summed E-state index contributed by atoms with van der Waals surface area (Å²) in [5, 5.41) is 3.25. The predicted octanol–water partition coefficient (Wildman–Crippen LogP) is 0.704. The van der Waals surface area contributed by atoms with Crippen LogP contribution < -0.4 is 10.0 Å². The molecule has 2 rings (SSSR count). The van der Waals surface area contributed by atoms with E-state index in [1.54, 1.807) is 0 Å². The number of sulfonamides is 1. The summed E-state index contributed by atoms with van der Waals surface area (Å²) in [6, 6.07) is 0.175. The van der Waals surface area contributed by atoms with Crippen LogP contribution in [0.1, 0.15) is 33.6 Å². The van der Waals surface area contributed by atoms with E-state index in [1.165, 1.54) is 0 Å². The van der Waals surface area contributed by atoms with Gasteiger partial charge in [0.2, 0.25) is 10.0 Å². The zero-order chi connectivity index (χ0) is 12.0. The molecule has 1 aliphatic heterocycles. The minimum Gasteiger partial charge on any atom is -0.316 e. The second-order valence-corrected chi connectivity index (χ2v) is 8.40. The molecule has 0 amide bonds. The molecular weight excluding hydrogens is 224 g/mol. The van der Waals surface area contributed by atoms with Gasteiger partial charge in [0.25, 0.3) is 0 Å². The van der Waals surface area contributed by atoms with E-state index < -0.39 is 10.0 Å². The van der Waals surface area contributed by atoms with E-state index in [0.717, 1.165) is 25.9 Å². The van der Waals surface area contributed by atoms with Crippen LogP contribution in [0.5, 0.6) is 0 Å². The highest BCUT2D eigenvalue weighted by atomic mass is 32.2. The molecule has 4 nitrogen and oxygen atoms in total. The van der Waals surface area contributed by atoms with Crippen LogP contribution in [0.2, 0.25) is 0 Å². The van der Waals surface area contributed by atoms with Crippen LogP contribution in [0.25, 0.3) is 0 Å². The maximum absolute atomic E-state index is 11.8. The summed E-state index contributed by atoms with van der Waals surface area (Å²) in [6.45, 7) is 7.97. The highest BCUT2D eigenvalue weighted by Crippen LogP contribution is 2.44. The molecule has 0 atom stereocenters. The number of rotatable bonds is 3. The molecule has 1 saturated carbocycles. The molecule has 94 valence electrons. The maximum atomic E-state index is 11.8. The molecule has 1 saturated heterocycles. The molecule has 2 fully saturated rings. The first-order valence-corrected chi connectivity index (χ1v) is 7.56. The highest BCUT2D eigenvalue weighted by molar-refractivity contribution is 7.89. The second kappa shape index (κ2) is 3.68. The molecular formula is C11H22N2O2S. The molecule has 0 aromatic rings. The zero-order valence-corrected chi connectivity index (χ0v) is 11.2. The summed E-state index contributed by atoms with van der Waals surface area (Å²) >= 11 is 0. The van der Waals surface area contributed by atoms with Gasteiger partial charge in [-0.25, -0.2) is 13.1 Å². The van der Waals surface area contributed by atoms with E-state index in [9.17, 15) is 8.42 Å². The third kappa shape index (κ3) is 2.76. The Morgan fingerprint density at radius 2 is 1.88 bits per heavy atom. The summed E-state index contributed by atoms with van der Waals surface area (Å²) in [5.74, 6) is 0.210. The van der Waals surface area contributed by atoms with Gasteiger partial charge in [0.1, 0.15) is 0 Å². The van der Waals surface area contributed by atoms with Crippen molar-refractivity contribution in [3.8, 4) is 0 Å². The Morgan fingerprint density at radius 1 is 1.31 bits per heavy atom. The lowest BCUT2D eigenvalue weighted by Gasteiger charge is -2.54. The number of hydrogen-bond acceptors (Lipinski definition) is 3. The molecule has 0 aromatic heterocycles. The van der Waals surface area contributed by atoms with Crippen LogP contribution in [0, 0.1) is 10.8 Å². The van der Waals surface area contributed by atoms with Crippen molar-refractivity contribution >= 4 is 10.0 Å². The quantitative estimate of drug-likeness (QED) is 0.771. The van der Waals surface area contributed by atoms with Crippen molar-refractivity contribution in [1.82, 2.24) is 10.0 Å². The summed E-state index contributed by atoms with van der Waals surface area (Å²) in [6.07, 6.45) is 2.01. The molecule has 2 N–H and O–H groups in total. The first kappa shape index (κ1) is 12.3. The summed E-state index contributed by atoms with van der Waals surface area (Å²) in [4.78, 5) is 0. The van der Waals surface area contributed by atoms with E-state index in [0.29, 0.717) is 5.41 Å². The monoisotopic (exact) mass is 246 g/mol. The average Bonchev–Trinajstić information content (AvgIpc) is 1.86. The first-order valence-electron chi connectivity index (χ1n) is 5.91. The van der Waals surface area contributed by atoms with Gasteiger partial charge in [-0.3, -0.25) is 0 Å². The number of nitrogens with one attached hydrogen (secondary N) is 2. The number of hydrogen-bond donors (Lipinski definition) is 2. The van der Waals surface area contributed by atoms with Gasteiger partial charge in [-0.2, -0.15) is 0 Å². The van der Waals surface area contributed by atoms with Gasteiger partial charge in [-0.1, -0.05) is 20.8 Å². The SMILES string of the molecule is CC(C)(C)CS(=O)(=O)NC1CC2(CNC2)C1. The van der Waals surface area contributed by atoms with Gasteiger partial charge in [0.15, 0.2) is 0 Å².